The monoisotopic (exact) mass is 212 g/mol. The highest BCUT2D eigenvalue weighted by Crippen LogP contribution is 2.30. The van der Waals surface area contributed by atoms with Crippen molar-refractivity contribution in [2.24, 2.45) is 0 Å². The Kier molecular flexibility index (Phi) is 2.73. The summed E-state index contributed by atoms with van der Waals surface area (Å²) in [6.45, 7) is 5.60. The molecule has 0 aromatic heterocycles. The molecule has 2 fully saturated rings. The number of nitrogens with one attached hydrogen (secondary N) is 1. The Morgan fingerprint density at radius 1 is 1.40 bits per heavy atom. The van der Waals surface area contributed by atoms with Gasteiger partial charge in [-0.2, -0.15) is 0 Å². The first kappa shape index (κ1) is 10.9. The molecule has 15 heavy (non-hydrogen) atoms. The van der Waals surface area contributed by atoms with Gasteiger partial charge in [-0.15, -0.1) is 0 Å². The zero-order chi connectivity index (χ0) is 11.1. The maximum atomic E-state index is 11.0. The molecule has 0 radical (unpaired) electrons. The van der Waals surface area contributed by atoms with Crippen LogP contribution in [0.5, 0.6) is 0 Å². The predicted molar refractivity (Wildman–Crippen MR) is 57.9 cm³/mol. The number of hydrogen-bond donors (Lipinski definition) is 2. The lowest BCUT2D eigenvalue weighted by Gasteiger charge is -2.26. The van der Waals surface area contributed by atoms with E-state index in [1.807, 2.05) is 0 Å². The van der Waals surface area contributed by atoms with Gasteiger partial charge in [0.1, 0.15) is 5.54 Å². The Balaban J connectivity index is 1.83. The highest BCUT2D eigenvalue weighted by Gasteiger charge is 2.37. The fourth-order valence-corrected chi connectivity index (χ4v) is 2.25. The van der Waals surface area contributed by atoms with Crippen molar-refractivity contribution in [3.63, 3.8) is 0 Å². The van der Waals surface area contributed by atoms with Gasteiger partial charge in [-0.1, -0.05) is 0 Å². The number of nitrogens with zero attached hydrogens (tertiary/aromatic N) is 1. The second-order valence-corrected chi connectivity index (χ2v) is 5.29. The molecular weight excluding hydrogens is 192 g/mol. The molecule has 1 aliphatic carbocycles. The standard InChI is InChI=1S/C11H20N2O2/c1-11(2,10(14)15)12-8-5-6-13(7-8)9-3-4-9/h8-9,12H,3-7H2,1-2H3,(H,14,15). The van der Waals surface area contributed by atoms with Gasteiger partial charge in [0, 0.05) is 25.2 Å². The van der Waals surface area contributed by atoms with Crippen LogP contribution in [0.1, 0.15) is 33.1 Å². The summed E-state index contributed by atoms with van der Waals surface area (Å²) in [5.41, 5.74) is -0.801. The Bertz CT molecular complexity index is 261. The van der Waals surface area contributed by atoms with Crippen molar-refractivity contribution in [2.45, 2.75) is 50.7 Å². The molecule has 4 heteroatoms. The molecule has 0 aromatic carbocycles. The van der Waals surface area contributed by atoms with Crippen molar-refractivity contribution < 1.29 is 9.90 Å². The van der Waals surface area contributed by atoms with Crippen LogP contribution in [0.15, 0.2) is 0 Å². The summed E-state index contributed by atoms with van der Waals surface area (Å²) in [5, 5.41) is 12.2. The first-order chi connectivity index (χ1) is 6.99. The number of likely N-dealkylation sites (tertiary alicyclic amines) is 1. The van der Waals surface area contributed by atoms with Gasteiger partial charge in [0.25, 0.3) is 0 Å². The second-order valence-electron chi connectivity index (χ2n) is 5.29. The van der Waals surface area contributed by atoms with E-state index >= 15 is 0 Å². The zero-order valence-corrected chi connectivity index (χ0v) is 9.49. The van der Waals surface area contributed by atoms with Crippen LogP contribution in [0.4, 0.5) is 0 Å². The summed E-state index contributed by atoms with van der Waals surface area (Å²) < 4.78 is 0. The third-order valence-corrected chi connectivity index (χ3v) is 3.38. The second kappa shape index (κ2) is 3.76. The number of hydrogen-bond acceptors (Lipinski definition) is 3. The summed E-state index contributed by atoms with van der Waals surface area (Å²) in [6, 6.07) is 1.14. The van der Waals surface area contributed by atoms with E-state index in [0.29, 0.717) is 6.04 Å². The fraction of sp³-hybridized carbons (Fsp3) is 0.909. The molecule has 0 amide bonds. The lowest BCUT2D eigenvalue weighted by Crippen LogP contribution is -2.52. The van der Waals surface area contributed by atoms with E-state index in [4.69, 9.17) is 5.11 Å². The average molecular weight is 212 g/mol. The Hall–Kier alpha value is -0.610. The number of carboxylic acid groups (broad SMARTS) is 1. The van der Waals surface area contributed by atoms with Gasteiger partial charge in [0.2, 0.25) is 0 Å². The molecule has 0 bridgehead atoms. The first-order valence-electron chi connectivity index (χ1n) is 5.74. The Labute approximate surface area is 90.6 Å². The third kappa shape index (κ3) is 2.49. The minimum atomic E-state index is -0.801. The molecule has 0 aromatic rings. The van der Waals surface area contributed by atoms with Crippen LogP contribution in [0, 0.1) is 0 Å². The van der Waals surface area contributed by atoms with Crippen molar-refractivity contribution in [2.75, 3.05) is 13.1 Å². The topological polar surface area (TPSA) is 52.6 Å². The molecule has 1 saturated heterocycles. The van der Waals surface area contributed by atoms with Gasteiger partial charge in [-0.25, -0.2) is 0 Å². The average Bonchev–Trinajstić information content (AvgIpc) is 2.88. The molecule has 2 rings (SSSR count). The molecule has 2 aliphatic rings. The number of aliphatic carboxylic acids is 1. The van der Waals surface area contributed by atoms with Gasteiger partial charge in [0.05, 0.1) is 0 Å². The maximum Gasteiger partial charge on any atom is 0.323 e. The van der Waals surface area contributed by atoms with E-state index < -0.39 is 11.5 Å². The highest BCUT2D eigenvalue weighted by atomic mass is 16.4. The van der Waals surface area contributed by atoms with Crippen molar-refractivity contribution in [1.82, 2.24) is 10.2 Å². The summed E-state index contributed by atoms with van der Waals surface area (Å²) in [5.74, 6) is -0.771. The van der Waals surface area contributed by atoms with Gasteiger partial charge in [-0.05, 0) is 33.1 Å². The number of rotatable bonds is 4. The SMILES string of the molecule is CC(C)(NC1CCN(C2CC2)C1)C(=O)O. The van der Waals surface area contributed by atoms with E-state index in [0.717, 1.165) is 25.6 Å². The molecule has 2 N–H and O–H groups in total. The Morgan fingerprint density at radius 3 is 2.60 bits per heavy atom. The normalized spacial score (nSPS) is 28.3. The van der Waals surface area contributed by atoms with Gasteiger partial charge in [0.15, 0.2) is 0 Å². The van der Waals surface area contributed by atoms with E-state index in [1.165, 1.54) is 12.8 Å². The first-order valence-corrected chi connectivity index (χ1v) is 5.74. The van der Waals surface area contributed by atoms with Crippen molar-refractivity contribution in [3.8, 4) is 0 Å². The quantitative estimate of drug-likeness (QED) is 0.719. The van der Waals surface area contributed by atoms with Crippen LogP contribution in [0.2, 0.25) is 0 Å². The summed E-state index contributed by atoms with van der Waals surface area (Å²) in [7, 11) is 0. The lowest BCUT2D eigenvalue weighted by atomic mass is 10.0. The number of carbonyl (C=O) groups is 1. The number of carboxylic acids is 1. The van der Waals surface area contributed by atoms with E-state index in [1.54, 1.807) is 13.8 Å². The molecule has 86 valence electrons. The Morgan fingerprint density at radius 2 is 2.07 bits per heavy atom. The van der Waals surface area contributed by atoms with Gasteiger partial charge >= 0.3 is 5.97 Å². The summed E-state index contributed by atoms with van der Waals surface area (Å²) in [4.78, 5) is 13.4. The summed E-state index contributed by atoms with van der Waals surface area (Å²) >= 11 is 0. The van der Waals surface area contributed by atoms with E-state index in [-0.39, 0.29) is 0 Å². The lowest BCUT2D eigenvalue weighted by molar-refractivity contribution is -0.143. The smallest absolute Gasteiger partial charge is 0.323 e. The van der Waals surface area contributed by atoms with Gasteiger partial charge in [-0.3, -0.25) is 15.0 Å². The van der Waals surface area contributed by atoms with Crippen LogP contribution in [0.3, 0.4) is 0 Å². The van der Waals surface area contributed by atoms with E-state index in [2.05, 4.69) is 10.2 Å². The molecule has 1 saturated carbocycles. The molecule has 4 nitrogen and oxygen atoms in total. The van der Waals surface area contributed by atoms with Crippen LogP contribution >= 0.6 is 0 Å². The molecule has 1 heterocycles. The maximum absolute atomic E-state index is 11.0. The predicted octanol–water partition coefficient (Wildman–Crippen LogP) is 0.676. The van der Waals surface area contributed by atoms with Crippen molar-refractivity contribution >= 4 is 5.97 Å². The molecule has 1 atom stereocenters. The van der Waals surface area contributed by atoms with Crippen LogP contribution in [-0.2, 0) is 4.79 Å². The molecule has 1 aliphatic heterocycles. The summed E-state index contributed by atoms with van der Waals surface area (Å²) in [6.07, 6.45) is 3.73. The molecule has 0 spiro atoms. The molecule has 1 unspecified atom stereocenters. The minimum absolute atomic E-state index is 0.344. The van der Waals surface area contributed by atoms with E-state index in [9.17, 15) is 4.79 Å². The highest BCUT2D eigenvalue weighted by molar-refractivity contribution is 5.77. The van der Waals surface area contributed by atoms with Crippen molar-refractivity contribution in [3.05, 3.63) is 0 Å². The largest absolute Gasteiger partial charge is 0.480 e. The fourth-order valence-electron chi connectivity index (χ4n) is 2.25. The van der Waals surface area contributed by atoms with Gasteiger partial charge < -0.3 is 5.11 Å². The molecular formula is C11H20N2O2. The van der Waals surface area contributed by atoms with Crippen LogP contribution in [-0.4, -0.2) is 46.7 Å². The third-order valence-electron chi connectivity index (χ3n) is 3.38. The van der Waals surface area contributed by atoms with Crippen LogP contribution in [0.25, 0.3) is 0 Å². The van der Waals surface area contributed by atoms with Crippen LogP contribution < -0.4 is 5.32 Å². The van der Waals surface area contributed by atoms with Crippen molar-refractivity contribution in [1.29, 1.82) is 0 Å². The zero-order valence-electron chi connectivity index (χ0n) is 9.49. The minimum Gasteiger partial charge on any atom is -0.480 e.